The second-order valence-electron chi connectivity index (χ2n) is 8.56. The molecule has 0 saturated carbocycles. The number of hydrogen-bond donors (Lipinski definition) is 0. The van der Waals surface area contributed by atoms with Gasteiger partial charge in [0.25, 0.3) is 5.91 Å². The van der Waals surface area contributed by atoms with Crippen LogP contribution in [0.4, 0.5) is 5.69 Å². The molecule has 0 N–H and O–H groups in total. The van der Waals surface area contributed by atoms with E-state index in [0.29, 0.717) is 28.8 Å². The van der Waals surface area contributed by atoms with E-state index in [4.69, 9.17) is 25.8 Å². The Hall–Kier alpha value is -3.97. The lowest BCUT2D eigenvalue weighted by Crippen LogP contribution is -2.24. The standard InChI is InChI=1S/C29H29ClN2O5/c1-7-37-23-11-8-21(9-12-23)31-17(2)14-20(18(31)3)15-24-27(29(34)36-6)19(4)32(28(24)33)22-10-13-26(35-5)25(30)16-22/h8-16H,7H2,1-6H3/b24-15-. The summed E-state index contributed by atoms with van der Waals surface area (Å²) in [6, 6.07) is 14.9. The van der Waals surface area contributed by atoms with Crippen molar-refractivity contribution < 1.29 is 23.8 Å². The van der Waals surface area contributed by atoms with Crippen molar-refractivity contribution in [3.8, 4) is 17.2 Å². The quantitative estimate of drug-likeness (QED) is 0.281. The van der Waals surface area contributed by atoms with Gasteiger partial charge in [-0.15, -0.1) is 0 Å². The summed E-state index contributed by atoms with van der Waals surface area (Å²) >= 11 is 6.33. The van der Waals surface area contributed by atoms with Crippen molar-refractivity contribution in [2.24, 2.45) is 0 Å². The van der Waals surface area contributed by atoms with E-state index in [1.807, 2.05) is 51.1 Å². The second-order valence-corrected chi connectivity index (χ2v) is 8.97. The summed E-state index contributed by atoms with van der Waals surface area (Å²) in [4.78, 5) is 28.0. The number of carbonyl (C=O) groups excluding carboxylic acids is 2. The maximum absolute atomic E-state index is 13.7. The number of hydrogen-bond acceptors (Lipinski definition) is 5. The van der Waals surface area contributed by atoms with E-state index in [9.17, 15) is 9.59 Å². The van der Waals surface area contributed by atoms with Crippen LogP contribution in [0.1, 0.15) is 30.8 Å². The van der Waals surface area contributed by atoms with E-state index in [-0.39, 0.29) is 17.1 Å². The number of halogens is 1. The molecule has 1 aliphatic rings. The minimum absolute atomic E-state index is 0.213. The Kier molecular flexibility index (Phi) is 7.45. The number of nitrogens with zero attached hydrogens (tertiary/aromatic N) is 2. The van der Waals surface area contributed by atoms with Gasteiger partial charge in [-0.2, -0.15) is 0 Å². The average molecular weight is 521 g/mol. The summed E-state index contributed by atoms with van der Waals surface area (Å²) in [5, 5.41) is 0.358. The normalized spacial score (nSPS) is 14.5. The van der Waals surface area contributed by atoms with Crippen molar-refractivity contribution in [2.45, 2.75) is 27.7 Å². The number of aromatic nitrogens is 1. The molecule has 0 fully saturated rings. The van der Waals surface area contributed by atoms with Crippen molar-refractivity contribution in [2.75, 3.05) is 25.7 Å². The number of ether oxygens (including phenoxy) is 3. The first kappa shape index (κ1) is 26.1. The number of amides is 1. The number of rotatable bonds is 7. The molecule has 2 aromatic carbocycles. The minimum atomic E-state index is -0.584. The van der Waals surface area contributed by atoms with Crippen LogP contribution in [0.2, 0.25) is 5.02 Å². The lowest BCUT2D eigenvalue weighted by atomic mass is 10.0. The molecule has 7 nitrogen and oxygen atoms in total. The highest BCUT2D eigenvalue weighted by Crippen LogP contribution is 2.38. The molecule has 0 aliphatic carbocycles. The van der Waals surface area contributed by atoms with Crippen LogP contribution in [0.15, 0.2) is 65.4 Å². The number of allylic oxidation sites excluding steroid dienone is 1. The molecule has 4 rings (SSSR count). The van der Waals surface area contributed by atoms with Gasteiger partial charge in [-0.05, 0) is 87.9 Å². The largest absolute Gasteiger partial charge is 0.495 e. The number of methoxy groups -OCH3 is 2. The van der Waals surface area contributed by atoms with Gasteiger partial charge in [-0.25, -0.2) is 4.79 Å². The zero-order valence-corrected chi connectivity index (χ0v) is 22.5. The monoisotopic (exact) mass is 520 g/mol. The third-order valence-electron chi connectivity index (χ3n) is 6.36. The Morgan fingerprint density at radius 2 is 1.68 bits per heavy atom. The van der Waals surface area contributed by atoms with Crippen LogP contribution in [-0.4, -0.2) is 37.3 Å². The molecule has 3 aromatic rings. The SMILES string of the molecule is CCOc1ccc(-n2c(C)cc(/C=C3\C(=O)N(c4ccc(OC)c(Cl)c4)C(C)=C3C(=O)OC)c2C)cc1. The Morgan fingerprint density at radius 3 is 2.27 bits per heavy atom. The van der Waals surface area contributed by atoms with Crippen LogP contribution in [0, 0.1) is 13.8 Å². The number of aryl methyl sites for hydroxylation is 1. The highest BCUT2D eigenvalue weighted by atomic mass is 35.5. The van der Waals surface area contributed by atoms with Crippen LogP contribution in [0.3, 0.4) is 0 Å². The molecule has 0 bridgehead atoms. The van der Waals surface area contributed by atoms with Crippen LogP contribution in [-0.2, 0) is 14.3 Å². The zero-order valence-electron chi connectivity index (χ0n) is 21.7. The number of carbonyl (C=O) groups is 2. The zero-order chi connectivity index (χ0) is 26.9. The Bertz CT molecular complexity index is 1430. The molecule has 192 valence electrons. The average Bonchev–Trinajstić information content (AvgIpc) is 3.30. The van der Waals surface area contributed by atoms with Crippen molar-refractivity contribution in [3.05, 3.63) is 87.3 Å². The highest BCUT2D eigenvalue weighted by molar-refractivity contribution is 6.32. The van der Waals surface area contributed by atoms with Gasteiger partial charge in [0.2, 0.25) is 0 Å². The number of esters is 1. The van der Waals surface area contributed by atoms with Gasteiger partial charge in [0.05, 0.1) is 42.7 Å². The number of anilines is 1. The van der Waals surface area contributed by atoms with E-state index in [0.717, 1.165) is 28.4 Å². The Balaban J connectivity index is 1.79. The Labute approximate surface area is 221 Å². The van der Waals surface area contributed by atoms with E-state index in [2.05, 4.69) is 4.57 Å². The van der Waals surface area contributed by atoms with Crippen LogP contribution in [0.25, 0.3) is 11.8 Å². The first-order valence-corrected chi connectivity index (χ1v) is 12.2. The molecular formula is C29H29ClN2O5. The first-order chi connectivity index (χ1) is 17.7. The smallest absolute Gasteiger partial charge is 0.340 e. The fraction of sp³-hybridized carbons (Fsp3) is 0.241. The van der Waals surface area contributed by atoms with Crippen molar-refractivity contribution in [3.63, 3.8) is 0 Å². The molecular weight excluding hydrogens is 492 g/mol. The van der Waals surface area contributed by atoms with Crippen molar-refractivity contribution in [1.29, 1.82) is 0 Å². The van der Waals surface area contributed by atoms with Crippen LogP contribution < -0.4 is 14.4 Å². The third-order valence-corrected chi connectivity index (χ3v) is 6.65. The summed E-state index contributed by atoms with van der Waals surface area (Å²) < 4.78 is 17.9. The fourth-order valence-electron chi connectivity index (χ4n) is 4.63. The minimum Gasteiger partial charge on any atom is -0.495 e. The number of benzene rings is 2. The van der Waals surface area contributed by atoms with Gasteiger partial charge in [0, 0.05) is 22.8 Å². The van der Waals surface area contributed by atoms with Crippen LogP contribution >= 0.6 is 11.6 Å². The molecule has 37 heavy (non-hydrogen) atoms. The lowest BCUT2D eigenvalue weighted by Gasteiger charge is -2.19. The van der Waals surface area contributed by atoms with Gasteiger partial charge in [0.1, 0.15) is 11.5 Å². The summed E-state index contributed by atoms with van der Waals surface area (Å²) in [7, 11) is 2.82. The van der Waals surface area contributed by atoms with Crippen LogP contribution in [0.5, 0.6) is 11.5 Å². The predicted octanol–water partition coefficient (Wildman–Crippen LogP) is 6.03. The lowest BCUT2D eigenvalue weighted by molar-refractivity contribution is -0.136. The Morgan fingerprint density at radius 1 is 1.00 bits per heavy atom. The third kappa shape index (κ3) is 4.74. The molecule has 0 saturated heterocycles. The van der Waals surface area contributed by atoms with E-state index in [1.54, 1.807) is 31.2 Å². The summed E-state index contributed by atoms with van der Waals surface area (Å²) in [5.41, 5.74) is 5.15. The first-order valence-electron chi connectivity index (χ1n) is 11.8. The van der Waals surface area contributed by atoms with E-state index in [1.165, 1.54) is 19.1 Å². The highest BCUT2D eigenvalue weighted by Gasteiger charge is 2.38. The molecule has 0 unspecified atom stereocenters. The fourth-order valence-corrected chi connectivity index (χ4v) is 4.88. The van der Waals surface area contributed by atoms with Crippen molar-refractivity contribution in [1.82, 2.24) is 4.57 Å². The topological polar surface area (TPSA) is 70.0 Å². The summed E-state index contributed by atoms with van der Waals surface area (Å²) in [5.74, 6) is 0.364. The maximum Gasteiger partial charge on any atom is 0.340 e. The van der Waals surface area contributed by atoms with Gasteiger partial charge < -0.3 is 18.8 Å². The van der Waals surface area contributed by atoms with Gasteiger partial charge in [0.15, 0.2) is 0 Å². The molecule has 0 atom stereocenters. The summed E-state index contributed by atoms with van der Waals surface area (Å²) in [6.07, 6.45) is 1.75. The van der Waals surface area contributed by atoms with Gasteiger partial charge in [-0.3, -0.25) is 9.69 Å². The molecule has 1 aromatic heterocycles. The molecule has 8 heteroatoms. The maximum atomic E-state index is 13.7. The molecule has 0 radical (unpaired) electrons. The van der Waals surface area contributed by atoms with E-state index >= 15 is 0 Å². The molecule has 1 amide bonds. The molecule has 1 aliphatic heterocycles. The molecule has 2 heterocycles. The van der Waals surface area contributed by atoms with E-state index < -0.39 is 5.97 Å². The predicted molar refractivity (Wildman–Crippen MR) is 145 cm³/mol. The van der Waals surface area contributed by atoms with Crippen molar-refractivity contribution >= 4 is 35.2 Å². The van der Waals surface area contributed by atoms with Gasteiger partial charge >= 0.3 is 5.97 Å². The second kappa shape index (κ2) is 10.6. The summed E-state index contributed by atoms with van der Waals surface area (Å²) in [6.45, 7) is 8.23. The van der Waals surface area contributed by atoms with Gasteiger partial charge in [-0.1, -0.05) is 11.6 Å². The molecule has 0 spiro atoms.